The summed E-state index contributed by atoms with van der Waals surface area (Å²) in [6.45, 7) is 2.33. The van der Waals surface area contributed by atoms with Gasteiger partial charge in [0.05, 0.1) is 12.6 Å². The lowest BCUT2D eigenvalue weighted by atomic mass is 10.1. The van der Waals surface area contributed by atoms with Gasteiger partial charge in [0, 0.05) is 24.0 Å². The lowest BCUT2D eigenvalue weighted by Gasteiger charge is -2.08. The standard InChI is InChI=1S/C13H14N2O2/c1-16-11-2-3-12-9(7-11)6-10-8-14-4-5-17-13(10)15-12/h2-3,6-7,14H,4-5,8H2,1H3. The first-order valence-electron chi connectivity index (χ1n) is 5.68. The van der Waals surface area contributed by atoms with Crippen LogP contribution in [0.2, 0.25) is 0 Å². The molecule has 0 saturated carbocycles. The topological polar surface area (TPSA) is 43.4 Å². The van der Waals surface area contributed by atoms with Crippen molar-refractivity contribution in [1.82, 2.24) is 10.3 Å². The van der Waals surface area contributed by atoms with E-state index in [9.17, 15) is 0 Å². The first-order chi connectivity index (χ1) is 8.36. The minimum absolute atomic E-state index is 0.668. The number of pyridine rings is 1. The van der Waals surface area contributed by atoms with Gasteiger partial charge >= 0.3 is 0 Å². The SMILES string of the molecule is COc1ccc2nc3c(cc2c1)CNCCO3. The molecule has 0 radical (unpaired) electrons. The minimum atomic E-state index is 0.668. The van der Waals surface area contributed by atoms with Crippen molar-refractivity contribution in [3.05, 3.63) is 29.8 Å². The molecule has 1 aliphatic heterocycles. The quantitative estimate of drug-likeness (QED) is 0.810. The van der Waals surface area contributed by atoms with Gasteiger partial charge in [0.2, 0.25) is 5.88 Å². The van der Waals surface area contributed by atoms with Crippen molar-refractivity contribution in [1.29, 1.82) is 0 Å². The van der Waals surface area contributed by atoms with E-state index in [-0.39, 0.29) is 0 Å². The summed E-state index contributed by atoms with van der Waals surface area (Å²) in [5.41, 5.74) is 2.04. The van der Waals surface area contributed by atoms with Crippen molar-refractivity contribution in [3.63, 3.8) is 0 Å². The molecule has 1 N–H and O–H groups in total. The monoisotopic (exact) mass is 230 g/mol. The number of ether oxygens (including phenoxy) is 2. The Morgan fingerprint density at radius 2 is 2.29 bits per heavy atom. The lowest BCUT2D eigenvalue weighted by molar-refractivity contribution is 0.315. The van der Waals surface area contributed by atoms with E-state index in [0.717, 1.165) is 41.2 Å². The molecule has 1 aromatic carbocycles. The third-order valence-electron chi connectivity index (χ3n) is 2.89. The van der Waals surface area contributed by atoms with Crippen molar-refractivity contribution in [2.45, 2.75) is 6.54 Å². The van der Waals surface area contributed by atoms with Crippen LogP contribution in [0.4, 0.5) is 0 Å². The molecule has 1 aromatic heterocycles. The zero-order valence-electron chi connectivity index (χ0n) is 9.69. The molecular weight excluding hydrogens is 216 g/mol. The second-order valence-electron chi connectivity index (χ2n) is 4.04. The summed E-state index contributed by atoms with van der Waals surface area (Å²) in [5, 5.41) is 4.38. The molecule has 0 bridgehead atoms. The zero-order valence-corrected chi connectivity index (χ0v) is 9.69. The zero-order chi connectivity index (χ0) is 11.7. The third kappa shape index (κ3) is 1.91. The largest absolute Gasteiger partial charge is 0.497 e. The highest BCUT2D eigenvalue weighted by atomic mass is 16.5. The number of rotatable bonds is 1. The maximum Gasteiger partial charge on any atom is 0.218 e. The van der Waals surface area contributed by atoms with Gasteiger partial charge in [0.25, 0.3) is 0 Å². The molecular formula is C13H14N2O2. The van der Waals surface area contributed by atoms with Gasteiger partial charge in [0.15, 0.2) is 0 Å². The van der Waals surface area contributed by atoms with Crippen molar-refractivity contribution < 1.29 is 9.47 Å². The van der Waals surface area contributed by atoms with Gasteiger partial charge in [-0.25, -0.2) is 4.98 Å². The summed E-state index contributed by atoms with van der Waals surface area (Å²) in [5.74, 6) is 1.59. The van der Waals surface area contributed by atoms with Crippen LogP contribution in [-0.2, 0) is 6.54 Å². The Balaban J connectivity index is 2.15. The molecule has 0 amide bonds. The van der Waals surface area contributed by atoms with E-state index >= 15 is 0 Å². The van der Waals surface area contributed by atoms with Crippen LogP contribution in [0.1, 0.15) is 5.56 Å². The first kappa shape index (κ1) is 10.4. The fraction of sp³-hybridized carbons (Fsp3) is 0.308. The fourth-order valence-corrected chi connectivity index (χ4v) is 2.00. The molecule has 0 saturated heterocycles. The smallest absolute Gasteiger partial charge is 0.218 e. The Hall–Kier alpha value is -1.81. The molecule has 17 heavy (non-hydrogen) atoms. The highest BCUT2D eigenvalue weighted by molar-refractivity contribution is 5.81. The van der Waals surface area contributed by atoms with Crippen LogP contribution < -0.4 is 14.8 Å². The van der Waals surface area contributed by atoms with E-state index in [0.29, 0.717) is 6.61 Å². The van der Waals surface area contributed by atoms with Gasteiger partial charge < -0.3 is 14.8 Å². The molecule has 0 aliphatic carbocycles. The Morgan fingerprint density at radius 1 is 1.35 bits per heavy atom. The van der Waals surface area contributed by atoms with Crippen molar-refractivity contribution >= 4 is 10.9 Å². The van der Waals surface area contributed by atoms with E-state index in [4.69, 9.17) is 9.47 Å². The summed E-state index contributed by atoms with van der Waals surface area (Å²) in [7, 11) is 1.67. The van der Waals surface area contributed by atoms with E-state index in [1.54, 1.807) is 7.11 Å². The predicted octanol–water partition coefficient (Wildman–Crippen LogP) is 1.73. The number of methoxy groups -OCH3 is 1. The molecule has 0 atom stereocenters. The van der Waals surface area contributed by atoms with Crippen molar-refractivity contribution in [2.24, 2.45) is 0 Å². The average molecular weight is 230 g/mol. The fourth-order valence-electron chi connectivity index (χ4n) is 2.00. The summed E-state index contributed by atoms with van der Waals surface area (Å²) in [4.78, 5) is 4.53. The normalized spacial score (nSPS) is 14.9. The number of hydrogen-bond donors (Lipinski definition) is 1. The van der Waals surface area contributed by atoms with E-state index < -0.39 is 0 Å². The van der Waals surface area contributed by atoms with Crippen LogP contribution in [0.25, 0.3) is 10.9 Å². The number of nitrogens with zero attached hydrogens (tertiary/aromatic N) is 1. The van der Waals surface area contributed by atoms with Crippen molar-refractivity contribution in [2.75, 3.05) is 20.3 Å². The highest BCUT2D eigenvalue weighted by Gasteiger charge is 2.11. The van der Waals surface area contributed by atoms with Gasteiger partial charge in [0.1, 0.15) is 12.4 Å². The average Bonchev–Trinajstić information content (AvgIpc) is 2.60. The summed E-state index contributed by atoms with van der Waals surface area (Å²) >= 11 is 0. The Morgan fingerprint density at radius 3 is 3.18 bits per heavy atom. The van der Waals surface area contributed by atoms with E-state index in [1.165, 1.54) is 0 Å². The predicted molar refractivity (Wildman–Crippen MR) is 65.5 cm³/mol. The van der Waals surface area contributed by atoms with Crippen LogP contribution in [0.15, 0.2) is 24.3 Å². The Labute approximate surface area is 99.6 Å². The van der Waals surface area contributed by atoms with E-state index in [1.807, 2.05) is 18.2 Å². The molecule has 0 unspecified atom stereocenters. The lowest BCUT2D eigenvalue weighted by Crippen LogP contribution is -2.16. The molecule has 3 rings (SSSR count). The van der Waals surface area contributed by atoms with Crippen LogP contribution in [-0.4, -0.2) is 25.2 Å². The van der Waals surface area contributed by atoms with Crippen LogP contribution in [0, 0.1) is 0 Å². The maximum atomic E-state index is 5.61. The molecule has 0 fully saturated rings. The van der Waals surface area contributed by atoms with Gasteiger partial charge in [-0.2, -0.15) is 0 Å². The van der Waals surface area contributed by atoms with Crippen LogP contribution in [0.3, 0.4) is 0 Å². The Kier molecular flexibility index (Phi) is 2.57. The van der Waals surface area contributed by atoms with Gasteiger partial charge in [-0.15, -0.1) is 0 Å². The van der Waals surface area contributed by atoms with E-state index in [2.05, 4.69) is 16.4 Å². The Bertz CT molecular complexity index is 554. The number of benzene rings is 1. The number of nitrogens with one attached hydrogen (secondary N) is 1. The van der Waals surface area contributed by atoms with Gasteiger partial charge in [-0.05, 0) is 24.3 Å². The minimum Gasteiger partial charge on any atom is -0.497 e. The summed E-state index contributed by atoms with van der Waals surface area (Å²) in [6.07, 6.45) is 0. The molecule has 88 valence electrons. The van der Waals surface area contributed by atoms with Gasteiger partial charge in [-0.3, -0.25) is 0 Å². The first-order valence-corrected chi connectivity index (χ1v) is 5.68. The maximum absolute atomic E-state index is 5.61. The second-order valence-corrected chi connectivity index (χ2v) is 4.04. The summed E-state index contributed by atoms with van der Waals surface area (Å²) < 4.78 is 10.8. The third-order valence-corrected chi connectivity index (χ3v) is 2.89. The molecule has 1 aliphatic rings. The highest BCUT2D eigenvalue weighted by Crippen LogP contribution is 2.26. The van der Waals surface area contributed by atoms with Crippen LogP contribution >= 0.6 is 0 Å². The molecule has 4 nitrogen and oxygen atoms in total. The summed E-state index contributed by atoms with van der Waals surface area (Å²) in [6, 6.07) is 7.97. The number of hydrogen-bond acceptors (Lipinski definition) is 4. The molecule has 4 heteroatoms. The van der Waals surface area contributed by atoms with Crippen LogP contribution in [0.5, 0.6) is 11.6 Å². The number of aromatic nitrogens is 1. The second kappa shape index (κ2) is 4.22. The van der Waals surface area contributed by atoms with Crippen molar-refractivity contribution in [3.8, 4) is 11.6 Å². The molecule has 0 spiro atoms. The van der Waals surface area contributed by atoms with Gasteiger partial charge in [-0.1, -0.05) is 0 Å². The molecule has 2 aromatic rings. The molecule has 2 heterocycles. The number of fused-ring (bicyclic) bond motifs is 2.